The molecule has 2 N–H and O–H groups in total. The van der Waals surface area contributed by atoms with Crippen molar-refractivity contribution in [2.24, 2.45) is 0 Å². The van der Waals surface area contributed by atoms with E-state index in [-0.39, 0.29) is 11.1 Å². The molecule has 0 radical (unpaired) electrons. The van der Waals surface area contributed by atoms with Crippen molar-refractivity contribution >= 4 is 23.1 Å². The molecule has 0 atom stereocenters. The zero-order chi connectivity index (χ0) is 13.7. The molecule has 8 heteroatoms. The van der Waals surface area contributed by atoms with Crippen molar-refractivity contribution in [1.29, 1.82) is 10.8 Å². The fourth-order valence-corrected chi connectivity index (χ4v) is 1.23. The SMILES string of the molecule is N=C=C(c1ccc(C(=C=N)[N+](=O)[O-])cc1)[N+](=O)[O-]. The Morgan fingerprint density at radius 1 is 0.889 bits per heavy atom. The first-order valence-electron chi connectivity index (χ1n) is 4.50. The molecular weight excluding hydrogens is 240 g/mol. The number of hydrogen-bond donors (Lipinski definition) is 2. The Balaban J connectivity index is 3.23. The van der Waals surface area contributed by atoms with Crippen LogP contribution in [0.3, 0.4) is 0 Å². The van der Waals surface area contributed by atoms with Gasteiger partial charge in [-0.1, -0.05) is 0 Å². The van der Waals surface area contributed by atoms with Gasteiger partial charge in [0.2, 0.25) is 0 Å². The lowest BCUT2D eigenvalue weighted by Crippen LogP contribution is -2.01. The quantitative estimate of drug-likeness (QED) is 0.471. The van der Waals surface area contributed by atoms with E-state index >= 15 is 0 Å². The first-order chi connectivity index (χ1) is 8.51. The standard InChI is InChI=1S/C10H6N4O4/c11-5-9(13(15)16)7-1-2-8(4-3-7)10(6-12)14(17)18/h1-4,11-12H. The second kappa shape index (κ2) is 5.31. The monoisotopic (exact) mass is 246 g/mol. The lowest BCUT2D eigenvalue weighted by molar-refractivity contribution is -0.373. The molecule has 0 unspecified atom stereocenters. The molecule has 1 rings (SSSR count). The second-order valence-electron chi connectivity index (χ2n) is 3.04. The Morgan fingerprint density at radius 3 is 1.33 bits per heavy atom. The van der Waals surface area contributed by atoms with Crippen LogP contribution in [0.4, 0.5) is 0 Å². The third-order valence-corrected chi connectivity index (χ3v) is 2.03. The molecule has 0 spiro atoms. The van der Waals surface area contributed by atoms with Crippen LogP contribution in [0.1, 0.15) is 11.1 Å². The lowest BCUT2D eigenvalue weighted by Gasteiger charge is -1.98. The van der Waals surface area contributed by atoms with Gasteiger partial charge < -0.3 is 0 Å². The van der Waals surface area contributed by atoms with E-state index in [1.807, 2.05) is 0 Å². The summed E-state index contributed by atoms with van der Waals surface area (Å²) >= 11 is 0. The summed E-state index contributed by atoms with van der Waals surface area (Å²) in [5.74, 6) is 3.35. The summed E-state index contributed by atoms with van der Waals surface area (Å²) in [4.78, 5) is 19.5. The van der Waals surface area contributed by atoms with Gasteiger partial charge >= 0.3 is 11.4 Å². The Bertz CT molecular complexity index is 552. The molecule has 1 aromatic carbocycles. The van der Waals surface area contributed by atoms with E-state index < -0.39 is 21.2 Å². The fraction of sp³-hybridized carbons (Fsp3) is 0. The minimum atomic E-state index is -0.775. The molecule has 0 aliphatic carbocycles. The summed E-state index contributed by atoms with van der Waals surface area (Å²) in [6.45, 7) is 0. The molecule has 90 valence electrons. The van der Waals surface area contributed by atoms with Crippen molar-refractivity contribution < 1.29 is 9.85 Å². The van der Waals surface area contributed by atoms with Crippen LogP contribution in [0.2, 0.25) is 0 Å². The summed E-state index contributed by atoms with van der Waals surface area (Å²) in [5.41, 5.74) is -0.871. The van der Waals surface area contributed by atoms with Crippen molar-refractivity contribution in [3.8, 4) is 0 Å². The maximum atomic E-state index is 10.5. The normalized spacial score (nSPS) is 8.89. The Labute approximate surface area is 100 Å². The molecule has 0 saturated carbocycles. The fourth-order valence-electron chi connectivity index (χ4n) is 1.23. The Morgan fingerprint density at radius 2 is 1.17 bits per heavy atom. The highest BCUT2D eigenvalue weighted by molar-refractivity contribution is 5.86. The number of nitrogens with zero attached hydrogens (tertiary/aromatic N) is 2. The first kappa shape index (κ1) is 13.0. The molecule has 1 aromatic rings. The zero-order valence-electron chi connectivity index (χ0n) is 8.84. The van der Waals surface area contributed by atoms with Gasteiger partial charge in [0.1, 0.15) is 0 Å². The topological polar surface area (TPSA) is 134 Å². The number of nitro groups is 2. The summed E-state index contributed by atoms with van der Waals surface area (Å²) < 4.78 is 0. The van der Waals surface area contributed by atoms with Gasteiger partial charge in [-0.3, -0.25) is 31.0 Å². The molecule has 0 heterocycles. The average molecular weight is 246 g/mol. The average Bonchev–Trinajstić information content (AvgIpc) is 2.32. The molecule has 0 amide bonds. The van der Waals surface area contributed by atoms with Gasteiger partial charge in [0.05, 0.1) is 32.7 Å². The molecule has 0 aliphatic heterocycles. The van der Waals surface area contributed by atoms with Gasteiger partial charge in [-0.05, 0) is 24.3 Å². The van der Waals surface area contributed by atoms with Crippen molar-refractivity contribution in [3.63, 3.8) is 0 Å². The van der Waals surface area contributed by atoms with E-state index in [1.54, 1.807) is 11.7 Å². The van der Waals surface area contributed by atoms with E-state index in [0.29, 0.717) is 0 Å². The molecule has 0 bridgehead atoms. The van der Waals surface area contributed by atoms with Crippen molar-refractivity contribution in [1.82, 2.24) is 0 Å². The van der Waals surface area contributed by atoms with Gasteiger partial charge in [-0.2, -0.15) is 0 Å². The molecule has 0 saturated heterocycles. The lowest BCUT2D eigenvalue weighted by atomic mass is 10.1. The van der Waals surface area contributed by atoms with Gasteiger partial charge in [-0.15, -0.1) is 0 Å². The maximum Gasteiger partial charge on any atom is 0.336 e. The molecule has 0 aromatic heterocycles. The van der Waals surface area contributed by atoms with Gasteiger partial charge in [0.15, 0.2) is 0 Å². The molecule has 0 aliphatic rings. The molecular formula is C10H6N4O4. The largest absolute Gasteiger partial charge is 0.336 e. The molecule has 8 nitrogen and oxygen atoms in total. The van der Waals surface area contributed by atoms with Crippen LogP contribution < -0.4 is 0 Å². The summed E-state index contributed by atoms with van der Waals surface area (Å²) in [5, 5.41) is 34.7. The van der Waals surface area contributed by atoms with Crippen LogP contribution in [-0.4, -0.2) is 21.6 Å². The van der Waals surface area contributed by atoms with Crippen LogP contribution in [0.5, 0.6) is 0 Å². The van der Waals surface area contributed by atoms with Crippen LogP contribution >= 0.6 is 0 Å². The van der Waals surface area contributed by atoms with Crippen LogP contribution in [-0.2, 0) is 0 Å². The van der Waals surface area contributed by atoms with Gasteiger partial charge in [0, 0.05) is 0 Å². The van der Waals surface area contributed by atoms with Crippen molar-refractivity contribution in [2.75, 3.05) is 0 Å². The summed E-state index contributed by atoms with van der Waals surface area (Å²) in [6.07, 6.45) is 0. The number of rotatable bonds is 4. The van der Waals surface area contributed by atoms with Crippen LogP contribution in [0.25, 0.3) is 11.4 Å². The third-order valence-electron chi connectivity index (χ3n) is 2.03. The van der Waals surface area contributed by atoms with E-state index in [1.165, 1.54) is 24.3 Å². The Kier molecular flexibility index (Phi) is 3.83. The van der Waals surface area contributed by atoms with E-state index in [4.69, 9.17) is 10.8 Å². The van der Waals surface area contributed by atoms with E-state index in [9.17, 15) is 20.2 Å². The summed E-state index contributed by atoms with van der Waals surface area (Å²) in [7, 11) is 0. The highest BCUT2D eigenvalue weighted by Crippen LogP contribution is 2.17. The van der Waals surface area contributed by atoms with Crippen LogP contribution in [0.15, 0.2) is 24.3 Å². The number of hydrogen-bond acceptors (Lipinski definition) is 6. The number of benzene rings is 1. The number of nitrogens with one attached hydrogen (secondary N) is 2. The highest BCUT2D eigenvalue weighted by atomic mass is 16.6. The Hall–Kier alpha value is -3.08. The predicted octanol–water partition coefficient (Wildman–Crippen LogP) is 1.42. The van der Waals surface area contributed by atoms with E-state index in [0.717, 1.165) is 0 Å². The minimum Gasteiger partial charge on any atom is -0.258 e. The smallest absolute Gasteiger partial charge is 0.258 e. The first-order valence-corrected chi connectivity index (χ1v) is 4.50. The maximum absolute atomic E-state index is 10.5. The summed E-state index contributed by atoms with van der Waals surface area (Å²) in [6, 6.07) is 4.98. The van der Waals surface area contributed by atoms with E-state index in [2.05, 4.69) is 0 Å². The van der Waals surface area contributed by atoms with Gasteiger partial charge in [0.25, 0.3) is 0 Å². The van der Waals surface area contributed by atoms with Crippen LogP contribution in [0, 0.1) is 31.0 Å². The van der Waals surface area contributed by atoms with Gasteiger partial charge in [-0.25, -0.2) is 0 Å². The molecule has 18 heavy (non-hydrogen) atoms. The molecule has 0 fully saturated rings. The van der Waals surface area contributed by atoms with Crippen molar-refractivity contribution in [2.45, 2.75) is 0 Å². The second-order valence-corrected chi connectivity index (χ2v) is 3.04. The minimum absolute atomic E-state index is 0.103. The predicted molar refractivity (Wildman–Crippen MR) is 62.7 cm³/mol. The zero-order valence-corrected chi connectivity index (χ0v) is 8.84. The third kappa shape index (κ3) is 2.53. The highest BCUT2D eigenvalue weighted by Gasteiger charge is 2.17. The van der Waals surface area contributed by atoms with Crippen molar-refractivity contribution in [3.05, 3.63) is 55.6 Å².